The van der Waals surface area contributed by atoms with E-state index in [1.165, 1.54) is 17.7 Å². The molecule has 0 saturated heterocycles. The Morgan fingerprint density at radius 3 is 2.81 bits per heavy atom. The highest BCUT2D eigenvalue weighted by Gasteiger charge is 2.11. The van der Waals surface area contributed by atoms with Crippen molar-refractivity contribution in [1.29, 1.82) is 10.5 Å². The second-order valence-electron chi connectivity index (χ2n) is 2.99. The van der Waals surface area contributed by atoms with Gasteiger partial charge in [-0.2, -0.15) is 10.5 Å². The molecular formula is C10H5ClN4S. The minimum atomic E-state index is 0.148. The van der Waals surface area contributed by atoms with Gasteiger partial charge in [0.15, 0.2) is 11.4 Å². The first-order valence-corrected chi connectivity index (χ1v) is 5.59. The van der Waals surface area contributed by atoms with Gasteiger partial charge in [-0.3, -0.25) is 0 Å². The van der Waals surface area contributed by atoms with Crippen molar-refractivity contribution in [2.75, 3.05) is 0 Å². The van der Waals surface area contributed by atoms with Crippen LogP contribution >= 0.6 is 22.9 Å². The van der Waals surface area contributed by atoms with Crippen molar-refractivity contribution >= 4 is 22.9 Å². The Kier molecular flexibility index (Phi) is 2.91. The normalized spacial score (nSPS) is 9.69. The molecule has 16 heavy (non-hydrogen) atoms. The van der Waals surface area contributed by atoms with Gasteiger partial charge >= 0.3 is 0 Å². The number of thiophene rings is 1. The molecule has 0 aromatic carbocycles. The maximum Gasteiger partial charge on any atom is 0.176 e. The van der Waals surface area contributed by atoms with E-state index in [-0.39, 0.29) is 11.4 Å². The van der Waals surface area contributed by atoms with Crippen LogP contribution in [0.1, 0.15) is 16.3 Å². The van der Waals surface area contributed by atoms with Gasteiger partial charge < -0.3 is 4.57 Å². The molecule has 0 saturated carbocycles. The first-order chi connectivity index (χ1) is 7.76. The molecule has 0 unspecified atom stereocenters. The minimum Gasteiger partial charge on any atom is -0.316 e. The summed E-state index contributed by atoms with van der Waals surface area (Å²) in [6, 6.07) is 5.64. The van der Waals surface area contributed by atoms with Crippen LogP contribution in [-0.4, -0.2) is 9.55 Å². The summed E-state index contributed by atoms with van der Waals surface area (Å²) in [6.45, 7) is 0.466. The lowest BCUT2D eigenvalue weighted by molar-refractivity contribution is 0.797. The fourth-order valence-electron chi connectivity index (χ4n) is 1.29. The summed E-state index contributed by atoms with van der Waals surface area (Å²) in [6.07, 6.45) is 1.48. The maximum atomic E-state index is 8.93. The van der Waals surface area contributed by atoms with Gasteiger partial charge in [-0.1, -0.05) is 11.6 Å². The Labute approximate surface area is 101 Å². The third-order valence-corrected chi connectivity index (χ3v) is 3.43. The van der Waals surface area contributed by atoms with Crippen molar-refractivity contribution in [1.82, 2.24) is 9.55 Å². The molecule has 0 aliphatic heterocycles. The summed E-state index contributed by atoms with van der Waals surface area (Å²) in [5.74, 6) is 0. The van der Waals surface area contributed by atoms with Gasteiger partial charge in [0.2, 0.25) is 0 Å². The molecule has 0 spiro atoms. The molecule has 2 aromatic rings. The lowest BCUT2D eigenvalue weighted by Crippen LogP contribution is -2.00. The van der Waals surface area contributed by atoms with E-state index in [0.29, 0.717) is 11.6 Å². The second kappa shape index (κ2) is 4.36. The van der Waals surface area contributed by atoms with Crippen molar-refractivity contribution < 1.29 is 0 Å². The summed E-state index contributed by atoms with van der Waals surface area (Å²) in [7, 11) is 0. The number of aromatic nitrogens is 2. The summed E-state index contributed by atoms with van der Waals surface area (Å²) in [5, 5.41) is 20.2. The van der Waals surface area contributed by atoms with Crippen molar-refractivity contribution in [3.05, 3.63) is 39.1 Å². The van der Waals surface area contributed by atoms with Crippen LogP contribution in [0.3, 0.4) is 0 Å². The largest absolute Gasteiger partial charge is 0.316 e. The van der Waals surface area contributed by atoms with Gasteiger partial charge in [-0.05, 0) is 11.4 Å². The molecule has 2 rings (SSSR count). The van der Waals surface area contributed by atoms with Gasteiger partial charge in [0.25, 0.3) is 0 Å². The fourth-order valence-corrected chi connectivity index (χ4v) is 2.39. The van der Waals surface area contributed by atoms with Crippen LogP contribution in [0, 0.1) is 22.7 Å². The van der Waals surface area contributed by atoms with Crippen LogP contribution in [-0.2, 0) is 6.54 Å². The molecule has 6 heteroatoms. The zero-order valence-electron chi connectivity index (χ0n) is 8.01. The van der Waals surface area contributed by atoms with Crippen molar-refractivity contribution in [2.45, 2.75) is 6.54 Å². The molecule has 0 amide bonds. The molecular weight excluding hydrogens is 244 g/mol. The molecule has 0 atom stereocenters. The molecule has 78 valence electrons. The molecule has 0 bridgehead atoms. The molecule has 0 aliphatic carbocycles. The minimum absolute atomic E-state index is 0.148. The number of halogens is 1. The number of hydrogen-bond acceptors (Lipinski definition) is 4. The molecule has 0 fully saturated rings. The molecule has 0 N–H and O–H groups in total. The summed E-state index contributed by atoms with van der Waals surface area (Å²) < 4.78 is 1.62. The van der Waals surface area contributed by atoms with Gasteiger partial charge in [0, 0.05) is 4.88 Å². The average molecular weight is 249 g/mol. The molecule has 2 heterocycles. The predicted octanol–water partition coefficient (Wildman–Crippen LogP) is 2.39. The summed E-state index contributed by atoms with van der Waals surface area (Å²) in [4.78, 5) is 4.80. The number of nitrogens with zero attached hydrogens (tertiary/aromatic N) is 4. The first kappa shape index (κ1) is 10.7. The molecule has 2 aromatic heterocycles. The maximum absolute atomic E-state index is 8.93. The Morgan fingerprint density at radius 2 is 2.25 bits per heavy atom. The Morgan fingerprint density at radius 1 is 1.44 bits per heavy atom. The average Bonchev–Trinajstić information content (AvgIpc) is 2.86. The third-order valence-electron chi connectivity index (χ3n) is 2.05. The van der Waals surface area contributed by atoms with Crippen LogP contribution < -0.4 is 0 Å². The van der Waals surface area contributed by atoms with Crippen LogP contribution in [0.15, 0.2) is 17.8 Å². The second-order valence-corrected chi connectivity index (χ2v) is 4.39. The number of rotatable bonds is 2. The van der Waals surface area contributed by atoms with Crippen LogP contribution in [0.2, 0.25) is 5.02 Å². The third kappa shape index (κ3) is 1.79. The number of nitriles is 2. The van der Waals surface area contributed by atoms with E-state index < -0.39 is 0 Å². The SMILES string of the molecule is N#Cc1ncn(Cc2sccc2Cl)c1C#N. The Balaban J connectivity index is 2.37. The van der Waals surface area contributed by atoms with Crippen LogP contribution in [0.5, 0.6) is 0 Å². The highest BCUT2D eigenvalue weighted by Crippen LogP contribution is 2.23. The quantitative estimate of drug-likeness (QED) is 0.820. The summed E-state index contributed by atoms with van der Waals surface area (Å²) in [5.41, 5.74) is 0.419. The number of hydrogen-bond donors (Lipinski definition) is 0. The molecule has 4 nitrogen and oxygen atoms in total. The van der Waals surface area contributed by atoms with Crippen molar-refractivity contribution in [3.63, 3.8) is 0 Å². The highest BCUT2D eigenvalue weighted by atomic mass is 35.5. The van der Waals surface area contributed by atoms with Gasteiger partial charge in [0.05, 0.1) is 17.9 Å². The predicted molar refractivity (Wildman–Crippen MR) is 60.1 cm³/mol. The Hall–Kier alpha value is -1.82. The van der Waals surface area contributed by atoms with Crippen LogP contribution in [0.25, 0.3) is 0 Å². The van der Waals surface area contributed by atoms with E-state index in [9.17, 15) is 0 Å². The molecule has 0 aliphatic rings. The fraction of sp³-hybridized carbons (Fsp3) is 0.100. The van der Waals surface area contributed by atoms with Crippen LogP contribution in [0.4, 0.5) is 0 Å². The van der Waals surface area contributed by atoms with E-state index >= 15 is 0 Å². The van der Waals surface area contributed by atoms with Gasteiger partial charge in [-0.15, -0.1) is 11.3 Å². The topological polar surface area (TPSA) is 65.4 Å². The zero-order chi connectivity index (χ0) is 11.5. The van der Waals surface area contributed by atoms with E-state index in [0.717, 1.165) is 4.88 Å². The lowest BCUT2D eigenvalue weighted by atomic mass is 10.3. The highest BCUT2D eigenvalue weighted by molar-refractivity contribution is 7.10. The lowest BCUT2D eigenvalue weighted by Gasteiger charge is -2.01. The van der Waals surface area contributed by atoms with Gasteiger partial charge in [-0.25, -0.2) is 4.98 Å². The Bertz CT molecular complexity index is 599. The van der Waals surface area contributed by atoms with Crippen molar-refractivity contribution in [3.8, 4) is 12.1 Å². The molecule has 0 radical (unpaired) electrons. The first-order valence-electron chi connectivity index (χ1n) is 4.33. The van der Waals surface area contributed by atoms with Gasteiger partial charge in [0.1, 0.15) is 12.1 Å². The standard InChI is InChI=1S/C10H5ClN4S/c11-7-1-2-16-10(7)5-15-6-14-8(3-12)9(15)4-13/h1-2,6H,5H2. The monoisotopic (exact) mass is 248 g/mol. The smallest absolute Gasteiger partial charge is 0.176 e. The zero-order valence-corrected chi connectivity index (χ0v) is 9.59. The van der Waals surface area contributed by atoms with Crippen molar-refractivity contribution in [2.24, 2.45) is 0 Å². The van der Waals surface area contributed by atoms with E-state index in [4.69, 9.17) is 22.1 Å². The van der Waals surface area contributed by atoms with E-state index in [1.807, 2.05) is 17.5 Å². The number of imidazole rings is 1. The van der Waals surface area contributed by atoms with E-state index in [2.05, 4.69) is 4.98 Å². The summed E-state index contributed by atoms with van der Waals surface area (Å²) >= 11 is 7.46. The van der Waals surface area contributed by atoms with E-state index in [1.54, 1.807) is 10.6 Å².